The maximum absolute atomic E-state index is 2.49. The lowest BCUT2D eigenvalue weighted by atomic mass is 9.84. The van der Waals surface area contributed by atoms with Crippen LogP contribution in [-0.2, 0) is 0 Å². The summed E-state index contributed by atoms with van der Waals surface area (Å²) in [5.74, 6) is 6.48. The van der Waals surface area contributed by atoms with E-state index in [1.54, 1.807) is 12.8 Å². The zero-order chi connectivity index (χ0) is 11.7. The Balaban J connectivity index is 1.80. The summed E-state index contributed by atoms with van der Waals surface area (Å²) in [6, 6.07) is 0. The molecule has 0 aromatic heterocycles. The van der Waals surface area contributed by atoms with Crippen molar-refractivity contribution in [1.82, 2.24) is 0 Å². The standard InChI is InChI=1S/C16H30/c1-5-7-8-13(6-2)10-14-9-11(3)15-12(4)16(14)15/h11-16H,5-10H2,1-4H3. The SMILES string of the molecule is CCCCC(CC)CC1CC(C)C2C(C)C12. The Labute approximate surface area is 102 Å². The normalized spacial score (nSPS) is 43.1. The molecule has 94 valence electrons. The summed E-state index contributed by atoms with van der Waals surface area (Å²) in [5.41, 5.74) is 0. The average molecular weight is 222 g/mol. The fourth-order valence-corrected chi connectivity index (χ4v) is 4.62. The summed E-state index contributed by atoms with van der Waals surface area (Å²) in [7, 11) is 0. The molecule has 2 aliphatic rings. The molecule has 0 heterocycles. The predicted molar refractivity (Wildman–Crippen MR) is 71.3 cm³/mol. The van der Waals surface area contributed by atoms with Gasteiger partial charge < -0.3 is 0 Å². The summed E-state index contributed by atoms with van der Waals surface area (Å²) < 4.78 is 0. The molecule has 2 saturated carbocycles. The van der Waals surface area contributed by atoms with Gasteiger partial charge >= 0.3 is 0 Å². The molecule has 0 saturated heterocycles. The second-order valence-corrected chi connectivity index (χ2v) is 6.64. The van der Waals surface area contributed by atoms with Crippen LogP contribution >= 0.6 is 0 Å². The first kappa shape index (κ1) is 12.5. The Kier molecular flexibility index (Phi) is 3.97. The third kappa shape index (κ3) is 2.31. The molecule has 0 spiro atoms. The van der Waals surface area contributed by atoms with E-state index in [0.29, 0.717) is 0 Å². The highest BCUT2D eigenvalue weighted by molar-refractivity contribution is 5.06. The highest BCUT2D eigenvalue weighted by Gasteiger charge is 2.58. The Hall–Kier alpha value is 0. The average Bonchev–Trinajstić information content (AvgIpc) is 2.81. The molecule has 0 heteroatoms. The predicted octanol–water partition coefficient (Wildman–Crippen LogP) is 5.13. The molecule has 2 fully saturated rings. The number of hydrogen-bond donors (Lipinski definition) is 0. The summed E-state index contributed by atoms with van der Waals surface area (Å²) in [5, 5.41) is 0. The Morgan fingerprint density at radius 2 is 1.88 bits per heavy atom. The smallest absolute Gasteiger partial charge is 0.0323 e. The maximum Gasteiger partial charge on any atom is -0.0323 e. The molecule has 2 rings (SSSR count). The van der Waals surface area contributed by atoms with E-state index in [-0.39, 0.29) is 0 Å². The van der Waals surface area contributed by atoms with Crippen LogP contribution in [0.5, 0.6) is 0 Å². The minimum absolute atomic E-state index is 1.03. The van der Waals surface area contributed by atoms with E-state index < -0.39 is 0 Å². The van der Waals surface area contributed by atoms with Gasteiger partial charge in [-0.3, -0.25) is 0 Å². The van der Waals surface area contributed by atoms with Crippen molar-refractivity contribution >= 4 is 0 Å². The number of unbranched alkanes of at least 4 members (excludes halogenated alkanes) is 1. The first-order chi connectivity index (χ1) is 7.69. The van der Waals surface area contributed by atoms with Gasteiger partial charge in [0.2, 0.25) is 0 Å². The third-order valence-corrected chi connectivity index (χ3v) is 5.57. The van der Waals surface area contributed by atoms with Crippen LogP contribution < -0.4 is 0 Å². The van der Waals surface area contributed by atoms with Gasteiger partial charge in [-0.1, -0.05) is 53.4 Å². The van der Waals surface area contributed by atoms with E-state index in [4.69, 9.17) is 0 Å². The van der Waals surface area contributed by atoms with E-state index in [9.17, 15) is 0 Å². The van der Waals surface area contributed by atoms with Gasteiger partial charge in [0.1, 0.15) is 0 Å². The van der Waals surface area contributed by atoms with Gasteiger partial charge in [-0.15, -0.1) is 0 Å². The van der Waals surface area contributed by atoms with Crippen LogP contribution in [-0.4, -0.2) is 0 Å². The summed E-state index contributed by atoms with van der Waals surface area (Å²) in [6.45, 7) is 9.70. The molecular weight excluding hydrogens is 192 g/mol. The first-order valence-electron chi connectivity index (χ1n) is 7.69. The molecular formula is C16H30. The van der Waals surface area contributed by atoms with Gasteiger partial charge in [-0.2, -0.15) is 0 Å². The molecule has 6 atom stereocenters. The van der Waals surface area contributed by atoms with E-state index in [1.165, 1.54) is 25.7 Å². The molecule has 16 heavy (non-hydrogen) atoms. The van der Waals surface area contributed by atoms with E-state index >= 15 is 0 Å². The Morgan fingerprint density at radius 1 is 1.12 bits per heavy atom. The molecule has 0 N–H and O–H groups in total. The van der Waals surface area contributed by atoms with Crippen molar-refractivity contribution in [2.24, 2.45) is 35.5 Å². The number of hydrogen-bond acceptors (Lipinski definition) is 0. The second kappa shape index (κ2) is 5.10. The van der Waals surface area contributed by atoms with Gasteiger partial charge in [0.25, 0.3) is 0 Å². The molecule has 0 amide bonds. The van der Waals surface area contributed by atoms with Crippen molar-refractivity contribution < 1.29 is 0 Å². The molecule has 0 nitrogen and oxygen atoms in total. The minimum atomic E-state index is 1.03. The number of fused-ring (bicyclic) bond motifs is 1. The van der Waals surface area contributed by atoms with Gasteiger partial charge in [-0.05, 0) is 48.3 Å². The lowest BCUT2D eigenvalue weighted by molar-refractivity contribution is 0.292. The zero-order valence-electron chi connectivity index (χ0n) is 11.7. The van der Waals surface area contributed by atoms with E-state index in [2.05, 4.69) is 27.7 Å². The molecule has 0 radical (unpaired) electrons. The molecule has 0 bridgehead atoms. The van der Waals surface area contributed by atoms with Gasteiger partial charge in [-0.25, -0.2) is 0 Å². The second-order valence-electron chi connectivity index (χ2n) is 6.64. The quantitative estimate of drug-likeness (QED) is 0.584. The molecule has 6 unspecified atom stereocenters. The minimum Gasteiger partial charge on any atom is -0.0654 e. The van der Waals surface area contributed by atoms with Crippen molar-refractivity contribution in [3.63, 3.8) is 0 Å². The zero-order valence-corrected chi connectivity index (χ0v) is 11.7. The molecule has 2 aliphatic carbocycles. The van der Waals surface area contributed by atoms with Gasteiger partial charge in [0.05, 0.1) is 0 Å². The maximum atomic E-state index is 2.49. The van der Waals surface area contributed by atoms with Crippen LogP contribution in [0.2, 0.25) is 0 Å². The van der Waals surface area contributed by atoms with E-state index in [1.807, 2.05) is 0 Å². The van der Waals surface area contributed by atoms with Crippen molar-refractivity contribution in [1.29, 1.82) is 0 Å². The molecule has 0 aromatic rings. The van der Waals surface area contributed by atoms with Crippen molar-refractivity contribution in [3.05, 3.63) is 0 Å². The van der Waals surface area contributed by atoms with Crippen LogP contribution in [0.15, 0.2) is 0 Å². The highest BCUT2D eigenvalue weighted by Crippen LogP contribution is 2.64. The van der Waals surface area contributed by atoms with Crippen LogP contribution in [0, 0.1) is 35.5 Å². The molecule has 0 aromatic carbocycles. The Bertz CT molecular complexity index is 220. The fourth-order valence-electron chi connectivity index (χ4n) is 4.62. The largest absolute Gasteiger partial charge is 0.0654 e. The van der Waals surface area contributed by atoms with Crippen LogP contribution in [0.3, 0.4) is 0 Å². The lowest BCUT2D eigenvalue weighted by Crippen LogP contribution is -2.11. The lowest BCUT2D eigenvalue weighted by Gasteiger charge is -2.22. The summed E-state index contributed by atoms with van der Waals surface area (Å²) >= 11 is 0. The first-order valence-corrected chi connectivity index (χ1v) is 7.69. The Morgan fingerprint density at radius 3 is 2.38 bits per heavy atom. The fraction of sp³-hybridized carbons (Fsp3) is 1.00. The number of rotatable bonds is 6. The van der Waals surface area contributed by atoms with Gasteiger partial charge in [0, 0.05) is 0 Å². The van der Waals surface area contributed by atoms with Crippen LogP contribution in [0.1, 0.15) is 66.2 Å². The van der Waals surface area contributed by atoms with Crippen molar-refractivity contribution in [2.75, 3.05) is 0 Å². The van der Waals surface area contributed by atoms with Crippen molar-refractivity contribution in [3.8, 4) is 0 Å². The van der Waals surface area contributed by atoms with E-state index in [0.717, 1.165) is 35.5 Å². The van der Waals surface area contributed by atoms with Crippen LogP contribution in [0.4, 0.5) is 0 Å². The van der Waals surface area contributed by atoms with Gasteiger partial charge in [0.15, 0.2) is 0 Å². The van der Waals surface area contributed by atoms with Crippen molar-refractivity contribution in [2.45, 2.75) is 66.2 Å². The topological polar surface area (TPSA) is 0 Å². The highest BCUT2D eigenvalue weighted by atomic mass is 14.6. The van der Waals surface area contributed by atoms with Crippen LogP contribution in [0.25, 0.3) is 0 Å². The molecule has 0 aliphatic heterocycles. The monoisotopic (exact) mass is 222 g/mol. The summed E-state index contributed by atoms with van der Waals surface area (Å²) in [4.78, 5) is 0. The third-order valence-electron chi connectivity index (χ3n) is 5.57. The summed E-state index contributed by atoms with van der Waals surface area (Å²) in [6.07, 6.45) is 8.82.